The van der Waals surface area contributed by atoms with Gasteiger partial charge in [0.05, 0.1) is 11.4 Å². The Bertz CT molecular complexity index is 706. The summed E-state index contributed by atoms with van der Waals surface area (Å²) in [6.07, 6.45) is 18.4. The molecule has 1 aromatic carbocycles. The Balaban J connectivity index is 1.81. The van der Waals surface area contributed by atoms with Gasteiger partial charge >= 0.3 is 0 Å². The molecule has 1 aromatic rings. The Labute approximate surface area is 132 Å². The lowest BCUT2D eigenvalue weighted by atomic mass is 10.0. The Hall–Kier alpha value is -2.22. The highest BCUT2D eigenvalue weighted by Gasteiger charge is 2.33. The van der Waals surface area contributed by atoms with E-state index in [-0.39, 0.29) is 6.17 Å². The lowest BCUT2D eigenvalue weighted by Crippen LogP contribution is -2.37. The van der Waals surface area contributed by atoms with Crippen molar-refractivity contribution in [3.8, 4) is 0 Å². The van der Waals surface area contributed by atoms with Crippen LogP contribution in [0, 0.1) is 6.92 Å². The average molecular weight is 290 g/mol. The topological polar surface area (TPSA) is 15.3 Å². The van der Waals surface area contributed by atoms with Gasteiger partial charge in [-0.25, -0.2) is 0 Å². The maximum Gasteiger partial charge on any atom is 0.129 e. The summed E-state index contributed by atoms with van der Waals surface area (Å²) in [6.45, 7) is 2.21. The molecule has 2 nitrogen and oxygen atoms in total. The summed E-state index contributed by atoms with van der Waals surface area (Å²) in [5, 5.41) is 3.73. The fourth-order valence-electron chi connectivity index (χ4n) is 3.61. The van der Waals surface area contributed by atoms with Crippen molar-refractivity contribution in [2.24, 2.45) is 0 Å². The summed E-state index contributed by atoms with van der Waals surface area (Å²) in [6, 6.07) is 6.55. The first-order chi connectivity index (χ1) is 10.8. The number of aryl methyl sites for hydroxylation is 1. The molecule has 1 N–H and O–H groups in total. The van der Waals surface area contributed by atoms with Crippen LogP contribution in [-0.4, -0.2) is 6.17 Å². The Morgan fingerprint density at radius 2 is 2.09 bits per heavy atom. The number of hydrogen-bond donors (Lipinski definition) is 1. The molecule has 3 aliphatic rings. The van der Waals surface area contributed by atoms with Crippen molar-refractivity contribution in [3.63, 3.8) is 0 Å². The number of nitrogens with zero attached hydrogens (tertiary/aromatic N) is 1. The van der Waals surface area contributed by atoms with E-state index in [1.165, 1.54) is 28.2 Å². The van der Waals surface area contributed by atoms with Gasteiger partial charge in [-0.15, -0.1) is 0 Å². The third kappa shape index (κ3) is 2.19. The molecule has 1 heterocycles. The van der Waals surface area contributed by atoms with Crippen LogP contribution in [0.2, 0.25) is 0 Å². The summed E-state index contributed by atoms with van der Waals surface area (Å²) in [5.41, 5.74) is 6.72. The third-order valence-corrected chi connectivity index (χ3v) is 4.67. The van der Waals surface area contributed by atoms with Crippen LogP contribution < -0.4 is 10.2 Å². The van der Waals surface area contributed by atoms with Crippen LogP contribution in [-0.2, 0) is 0 Å². The molecule has 22 heavy (non-hydrogen) atoms. The normalized spacial score (nSPS) is 23.0. The third-order valence-electron chi connectivity index (χ3n) is 4.67. The van der Waals surface area contributed by atoms with Crippen molar-refractivity contribution in [2.75, 3.05) is 10.2 Å². The van der Waals surface area contributed by atoms with E-state index < -0.39 is 0 Å². The second-order valence-corrected chi connectivity index (χ2v) is 6.20. The number of fused-ring (bicyclic) bond motifs is 1. The Kier molecular flexibility index (Phi) is 3.38. The quantitative estimate of drug-likeness (QED) is 0.818. The molecule has 2 heteroatoms. The monoisotopic (exact) mass is 290 g/mol. The Morgan fingerprint density at radius 1 is 1.14 bits per heavy atom. The minimum atomic E-state index is 0.227. The number of benzene rings is 1. The van der Waals surface area contributed by atoms with E-state index in [0.717, 1.165) is 25.7 Å². The molecule has 0 amide bonds. The summed E-state index contributed by atoms with van der Waals surface area (Å²) >= 11 is 0. The SMILES string of the molecule is Cc1cccc2c1N(C1=CC=CCC1)C(C1=CCCC=C1)N2. The van der Waals surface area contributed by atoms with Crippen molar-refractivity contribution in [3.05, 3.63) is 71.5 Å². The zero-order valence-electron chi connectivity index (χ0n) is 13.0. The number of allylic oxidation sites excluding steroid dienone is 6. The molecule has 0 saturated carbocycles. The molecule has 2 aliphatic carbocycles. The van der Waals surface area contributed by atoms with E-state index in [0.29, 0.717) is 0 Å². The van der Waals surface area contributed by atoms with Gasteiger partial charge in [0.25, 0.3) is 0 Å². The van der Waals surface area contributed by atoms with E-state index >= 15 is 0 Å². The highest BCUT2D eigenvalue weighted by atomic mass is 15.3. The van der Waals surface area contributed by atoms with Crippen LogP contribution in [0.25, 0.3) is 0 Å². The standard InChI is InChI=1S/C20H22N2/c1-15-9-8-14-18-19(15)22(17-12-6-3-7-13-17)20(21-18)16-10-4-2-5-11-16/h3-4,6,8-12,14,20-21H,2,5,7,13H2,1H3. The molecule has 0 aromatic heterocycles. The minimum Gasteiger partial charge on any atom is -0.359 e. The lowest BCUT2D eigenvalue weighted by molar-refractivity contribution is 0.777. The first-order valence-electron chi connectivity index (χ1n) is 8.22. The summed E-state index contributed by atoms with van der Waals surface area (Å²) in [7, 11) is 0. The number of para-hydroxylation sites is 1. The number of anilines is 2. The van der Waals surface area contributed by atoms with Gasteiger partial charge in [0.15, 0.2) is 0 Å². The van der Waals surface area contributed by atoms with Crippen LogP contribution in [0.4, 0.5) is 11.4 Å². The van der Waals surface area contributed by atoms with Crippen molar-refractivity contribution in [2.45, 2.75) is 38.8 Å². The van der Waals surface area contributed by atoms with E-state index in [4.69, 9.17) is 0 Å². The molecule has 1 unspecified atom stereocenters. The molecule has 112 valence electrons. The van der Waals surface area contributed by atoms with Gasteiger partial charge < -0.3 is 10.2 Å². The van der Waals surface area contributed by atoms with Crippen LogP contribution in [0.1, 0.15) is 31.2 Å². The zero-order valence-corrected chi connectivity index (χ0v) is 13.0. The van der Waals surface area contributed by atoms with E-state index in [9.17, 15) is 0 Å². The van der Waals surface area contributed by atoms with Crippen LogP contribution in [0.5, 0.6) is 0 Å². The molecule has 1 atom stereocenters. The van der Waals surface area contributed by atoms with Gasteiger partial charge in [-0.1, -0.05) is 42.5 Å². The van der Waals surface area contributed by atoms with Crippen LogP contribution in [0.3, 0.4) is 0 Å². The average Bonchev–Trinajstić information content (AvgIpc) is 2.97. The largest absolute Gasteiger partial charge is 0.359 e. The summed E-state index contributed by atoms with van der Waals surface area (Å²) in [5.74, 6) is 0. The number of rotatable bonds is 2. The number of hydrogen-bond acceptors (Lipinski definition) is 2. The maximum atomic E-state index is 3.73. The van der Waals surface area contributed by atoms with E-state index in [1.807, 2.05) is 0 Å². The molecule has 1 aliphatic heterocycles. The highest BCUT2D eigenvalue weighted by Crippen LogP contribution is 2.43. The Morgan fingerprint density at radius 3 is 2.86 bits per heavy atom. The first kappa shape index (κ1) is 13.4. The second-order valence-electron chi connectivity index (χ2n) is 6.20. The van der Waals surface area contributed by atoms with Crippen LogP contribution in [0.15, 0.2) is 65.9 Å². The van der Waals surface area contributed by atoms with Gasteiger partial charge in [-0.2, -0.15) is 0 Å². The van der Waals surface area contributed by atoms with Gasteiger partial charge in [-0.3, -0.25) is 0 Å². The predicted octanol–water partition coefficient (Wildman–Crippen LogP) is 5.06. The molecule has 0 spiro atoms. The van der Waals surface area contributed by atoms with Gasteiger partial charge in [-0.05, 0) is 55.9 Å². The first-order valence-corrected chi connectivity index (χ1v) is 8.22. The molecule has 0 radical (unpaired) electrons. The van der Waals surface area contributed by atoms with E-state index in [1.54, 1.807) is 0 Å². The van der Waals surface area contributed by atoms with Crippen molar-refractivity contribution in [1.29, 1.82) is 0 Å². The lowest BCUT2D eigenvalue weighted by Gasteiger charge is -2.32. The van der Waals surface area contributed by atoms with Crippen molar-refractivity contribution < 1.29 is 0 Å². The molecular formula is C20H22N2. The predicted molar refractivity (Wildman–Crippen MR) is 94.0 cm³/mol. The fourth-order valence-corrected chi connectivity index (χ4v) is 3.61. The minimum absolute atomic E-state index is 0.227. The zero-order chi connectivity index (χ0) is 14.9. The molecule has 4 rings (SSSR count). The fraction of sp³-hybridized carbons (Fsp3) is 0.300. The van der Waals surface area contributed by atoms with Crippen molar-refractivity contribution >= 4 is 11.4 Å². The second kappa shape index (κ2) is 5.53. The van der Waals surface area contributed by atoms with Gasteiger partial charge in [0, 0.05) is 5.70 Å². The summed E-state index contributed by atoms with van der Waals surface area (Å²) in [4.78, 5) is 2.51. The van der Waals surface area contributed by atoms with Crippen molar-refractivity contribution in [1.82, 2.24) is 0 Å². The molecule has 0 fully saturated rings. The maximum absolute atomic E-state index is 3.73. The van der Waals surface area contributed by atoms with Crippen LogP contribution >= 0.6 is 0 Å². The molecular weight excluding hydrogens is 268 g/mol. The number of nitrogens with one attached hydrogen (secondary N) is 1. The van der Waals surface area contributed by atoms with Gasteiger partial charge in [0.1, 0.15) is 6.17 Å². The van der Waals surface area contributed by atoms with Gasteiger partial charge in [0.2, 0.25) is 0 Å². The highest BCUT2D eigenvalue weighted by molar-refractivity contribution is 5.83. The summed E-state index contributed by atoms with van der Waals surface area (Å²) < 4.78 is 0. The molecule has 0 saturated heterocycles. The smallest absolute Gasteiger partial charge is 0.129 e. The molecule has 0 bridgehead atoms. The van der Waals surface area contributed by atoms with E-state index in [2.05, 4.69) is 71.8 Å².